The first kappa shape index (κ1) is 14.1. The topological polar surface area (TPSA) is 0 Å². The van der Waals surface area contributed by atoms with Crippen LogP contribution in [-0.2, 0) is 0 Å². The predicted octanol–water partition coefficient (Wildman–Crippen LogP) is 5.93. The monoisotopic (exact) mass is 256 g/mol. The molecule has 0 spiro atoms. The summed E-state index contributed by atoms with van der Waals surface area (Å²) in [7, 11) is 0. The van der Waals surface area contributed by atoms with Gasteiger partial charge in [-0.25, -0.2) is 0 Å². The largest absolute Gasteiger partial charge is 0.134 e. The maximum Gasteiger partial charge on any atom is 0.0598 e. The predicted molar refractivity (Wildman–Crippen MR) is 77.9 cm³/mol. The molecule has 1 aromatic heterocycles. The fourth-order valence-electron chi connectivity index (χ4n) is 1.99. The van der Waals surface area contributed by atoms with Gasteiger partial charge in [0.2, 0.25) is 0 Å². The van der Waals surface area contributed by atoms with Crippen molar-refractivity contribution in [3.8, 4) is 0 Å². The van der Waals surface area contributed by atoms with Crippen molar-refractivity contribution in [1.29, 1.82) is 0 Å². The molecule has 0 N–H and O–H groups in total. The molecule has 0 unspecified atom stereocenters. The minimum atomic E-state index is 0.825. The van der Waals surface area contributed by atoms with E-state index in [4.69, 9.17) is 0 Å². The van der Waals surface area contributed by atoms with Crippen LogP contribution in [0, 0.1) is 0 Å². The average molecular weight is 256 g/mol. The van der Waals surface area contributed by atoms with Gasteiger partial charge in [-0.15, -0.1) is 23.1 Å². The van der Waals surface area contributed by atoms with E-state index >= 15 is 0 Å². The van der Waals surface area contributed by atoms with E-state index in [0.29, 0.717) is 0 Å². The molecule has 0 nitrogen and oxygen atoms in total. The third kappa shape index (κ3) is 4.50. The molecule has 0 radical (unpaired) electrons. The number of hydrogen-bond donors (Lipinski definition) is 0. The van der Waals surface area contributed by atoms with Crippen LogP contribution >= 0.6 is 23.1 Å². The van der Waals surface area contributed by atoms with E-state index in [-0.39, 0.29) is 0 Å². The zero-order chi connectivity index (χ0) is 11.8. The lowest BCUT2D eigenvalue weighted by atomic mass is 9.95. The van der Waals surface area contributed by atoms with Crippen molar-refractivity contribution < 1.29 is 0 Å². The third-order valence-corrected chi connectivity index (χ3v) is 5.35. The van der Waals surface area contributed by atoms with Crippen LogP contribution < -0.4 is 0 Å². The molecular weight excluding hydrogens is 232 g/mol. The van der Waals surface area contributed by atoms with Gasteiger partial charge in [0.1, 0.15) is 0 Å². The van der Waals surface area contributed by atoms with E-state index in [1.807, 2.05) is 23.1 Å². The molecule has 2 heteroatoms. The lowest BCUT2D eigenvalue weighted by Crippen LogP contribution is -1.96. The number of thiophene rings is 1. The summed E-state index contributed by atoms with van der Waals surface area (Å²) in [5.41, 5.74) is 0. The summed E-state index contributed by atoms with van der Waals surface area (Å²) < 4.78 is 1.47. The Morgan fingerprint density at radius 1 is 1.12 bits per heavy atom. The molecule has 92 valence electrons. The highest BCUT2D eigenvalue weighted by molar-refractivity contribution is 8.00. The van der Waals surface area contributed by atoms with Gasteiger partial charge in [-0.3, -0.25) is 0 Å². The van der Waals surface area contributed by atoms with Gasteiger partial charge in [0.05, 0.1) is 4.21 Å². The maximum absolute atomic E-state index is 2.35. The number of hydrogen-bond acceptors (Lipinski definition) is 2. The van der Waals surface area contributed by atoms with Crippen LogP contribution in [0.25, 0.3) is 0 Å². The van der Waals surface area contributed by atoms with Crippen LogP contribution in [0.3, 0.4) is 0 Å². The van der Waals surface area contributed by atoms with Crippen LogP contribution in [0.2, 0.25) is 0 Å². The zero-order valence-corrected chi connectivity index (χ0v) is 12.4. The summed E-state index contributed by atoms with van der Waals surface area (Å²) in [6, 6.07) is 4.64. The third-order valence-electron chi connectivity index (χ3n) is 3.02. The van der Waals surface area contributed by atoms with Gasteiger partial charge >= 0.3 is 0 Å². The fourth-order valence-corrected chi connectivity index (χ4v) is 3.73. The summed E-state index contributed by atoms with van der Waals surface area (Å²) in [4.78, 5) is 1.62. The second-order valence-electron chi connectivity index (χ2n) is 4.34. The van der Waals surface area contributed by atoms with E-state index in [1.54, 1.807) is 4.88 Å². The second-order valence-corrected chi connectivity index (χ2v) is 6.56. The number of thioether (sulfide) groups is 1. The van der Waals surface area contributed by atoms with Crippen LogP contribution in [0.5, 0.6) is 0 Å². The standard InChI is InChI=1S/C14H24S2/c1-4-6-8-12(9-7-5-2)13-10-11-14(15-3)16-13/h10-12H,4-9H2,1-3H3. The molecule has 16 heavy (non-hydrogen) atoms. The summed E-state index contributed by atoms with van der Waals surface area (Å²) in [5.74, 6) is 0.825. The highest BCUT2D eigenvalue weighted by Gasteiger charge is 2.12. The second kappa shape index (κ2) is 8.19. The molecule has 0 fully saturated rings. The quantitative estimate of drug-likeness (QED) is 0.519. The molecule has 1 rings (SSSR count). The minimum Gasteiger partial charge on any atom is -0.134 e. The van der Waals surface area contributed by atoms with E-state index in [1.165, 1.54) is 42.7 Å². The molecule has 0 aliphatic carbocycles. The van der Waals surface area contributed by atoms with Crippen molar-refractivity contribution in [2.75, 3.05) is 6.26 Å². The molecular formula is C14H24S2. The minimum absolute atomic E-state index is 0.825. The summed E-state index contributed by atoms with van der Waals surface area (Å²) in [6.45, 7) is 4.58. The van der Waals surface area contributed by atoms with E-state index in [9.17, 15) is 0 Å². The SMILES string of the molecule is CCCCC(CCCC)c1ccc(SC)s1. The first-order valence-electron chi connectivity index (χ1n) is 6.45. The summed E-state index contributed by atoms with van der Waals surface area (Å²) >= 11 is 3.88. The van der Waals surface area contributed by atoms with Crippen molar-refractivity contribution in [2.24, 2.45) is 0 Å². The van der Waals surface area contributed by atoms with Gasteiger partial charge < -0.3 is 0 Å². The van der Waals surface area contributed by atoms with Gasteiger partial charge in [0.25, 0.3) is 0 Å². The Bertz CT molecular complexity index is 270. The smallest absolute Gasteiger partial charge is 0.0598 e. The molecule has 1 heterocycles. The average Bonchev–Trinajstić information content (AvgIpc) is 2.78. The van der Waals surface area contributed by atoms with E-state index < -0.39 is 0 Å². The van der Waals surface area contributed by atoms with Crippen molar-refractivity contribution >= 4 is 23.1 Å². The van der Waals surface area contributed by atoms with Crippen LogP contribution in [0.4, 0.5) is 0 Å². The van der Waals surface area contributed by atoms with Crippen LogP contribution in [0.15, 0.2) is 16.3 Å². The summed E-state index contributed by atoms with van der Waals surface area (Å²) in [6.07, 6.45) is 10.3. The van der Waals surface area contributed by atoms with Gasteiger partial charge in [-0.05, 0) is 37.1 Å². The van der Waals surface area contributed by atoms with Crippen molar-refractivity contribution in [1.82, 2.24) is 0 Å². The molecule has 0 aliphatic heterocycles. The van der Waals surface area contributed by atoms with Gasteiger partial charge in [-0.2, -0.15) is 0 Å². The van der Waals surface area contributed by atoms with Crippen molar-refractivity contribution in [3.05, 3.63) is 17.0 Å². The highest BCUT2D eigenvalue weighted by Crippen LogP contribution is 2.35. The maximum atomic E-state index is 2.35. The Kier molecular flexibility index (Phi) is 7.22. The lowest BCUT2D eigenvalue weighted by molar-refractivity contribution is 0.531. The molecule has 0 saturated carbocycles. The van der Waals surface area contributed by atoms with Crippen molar-refractivity contribution in [3.63, 3.8) is 0 Å². The van der Waals surface area contributed by atoms with Gasteiger partial charge in [-0.1, -0.05) is 39.5 Å². The Labute approximate surface area is 109 Å². The van der Waals surface area contributed by atoms with Gasteiger partial charge in [0.15, 0.2) is 0 Å². The fraction of sp³-hybridized carbons (Fsp3) is 0.714. The molecule has 0 saturated heterocycles. The molecule has 0 aromatic carbocycles. The van der Waals surface area contributed by atoms with Crippen LogP contribution in [0.1, 0.15) is 63.2 Å². The van der Waals surface area contributed by atoms with Crippen LogP contribution in [-0.4, -0.2) is 6.26 Å². The molecule has 0 atom stereocenters. The number of unbranched alkanes of at least 4 members (excludes halogenated alkanes) is 2. The Balaban J connectivity index is 2.58. The number of rotatable bonds is 8. The first-order valence-corrected chi connectivity index (χ1v) is 8.49. The molecule has 0 aliphatic rings. The van der Waals surface area contributed by atoms with Gasteiger partial charge in [0, 0.05) is 4.88 Å². The molecule has 1 aromatic rings. The molecule has 0 amide bonds. The first-order chi connectivity index (χ1) is 7.81. The Hall–Kier alpha value is 0.0500. The highest BCUT2D eigenvalue weighted by atomic mass is 32.2. The Morgan fingerprint density at radius 2 is 1.75 bits per heavy atom. The Morgan fingerprint density at radius 3 is 2.19 bits per heavy atom. The van der Waals surface area contributed by atoms with Crippen molar-refractivity contribution in [2.45, 2.75) is 62.5 Å². The van der Waals surface area contributed by atoms with E-state index in [2.05, 4.69) is 32.2 Å². The zero-order valence-electron chi connectivity index (χ0n) is 10.8. The molecule has 0 bridgehead atoms. The lowest BCUT2D eigenvalue weighted by Gasteiger charge is -2.14. The normalized spacial score (nSPS) is 11.2. The summed E-state index contributed by atoms with van der Waals surface area (Å²) in [5, 5.41) is 0. The van der Waals surface area contributed by atoms with E-state index in [0.717, 1.165) is 5.92 Å².